The minimum absolute atomic E-state index is 0.142. The first-order valence-electron chi connectivity index (χ1n) is 12.7. The third-order valence-electron chi connectivity index (χ3n) is 6.52. The lowest BCUT2D eigenvalue weighted by Crippen LogP contribution is -2.26. The summed E-state index contributed by atoms with van der Waals surface area (Å²) in [4.78, 5) is 4.58. The Bertz CT molecular complexity index is 1650. The van der Waals surface area contributed by atoms with E-state index >= 15 is 0 Å². The summed E-state index contributed by atoms with van der Waals surface area (Å²) in [6.45, 7) is 4.87. The Morgan fingerprint density at radius 2 is 1.90 bits per heavy atom. The van der Waals surface area contributed by atoms with E-state index < -0.39 is 17.2 Å². The van der Waals surface area contributed by atoms with Crippen LogP contribution in [0.15, 0.2) is 67.1 Å². The number of hydrogen-bond donors (Lipinski definition) is 1. The number of hydrogen-bond acceptors (Lipinski definition) is 6. The highest BCUT2D eigenvalue weighted by Gasteiger charge is 2.23. The van der Waals surface area contributed by atoms with Crippen molar-refractivity contribution >= 4 is 5.65 Å². The van der Waals surface area contributed by atoms with Crippen molar-refractivity contribution in [2.24, 2.45) is 0 Å². The van der Waals surface area contributed by atoms with Crippen LogP contribution in [0, 0.1) is 11.6 Å². The Morgan fingerprint density at radius 3 is 2.67 bits per heavy atom. The van der Waals surface area contributed by atoms with E-state index in [0.717, 1.165) is 29.2 Å². The zero-order valence-electron chi connectivity index (χ0n) is 21.5. The molecule has 39 heavy (non-hydrogen) atoms. The Morgan fingerprint density at radius 1 is 1.05 bits per heavy atom. The van der Waals surface area contributed by atoms with Gasteiger partial charge in [0.1, 0.15) is 17.7 Å². The van der Waals surface area contributed by atoms with Gasteiger partial charge in [-0.2, -0.15) is 5.10 Å². The summed E-state index contributed by atoms with van der Waals surface area (Å²) in [7, 11) is 0. The zero-order chi connectivity index (χ0) is 27.1. The van der Waals surface area contributed by atoms with Crippen LogP contribution in [0.1, 0.15) is 20.3 Å². The van der Waals surface area contributed by atoms with Gasteiger partial charge in [-0.1, -0.05) is 18.2 Å². The lowest BCUT2D eigenvalue weighted by Gasteiger charge is -2.16. The molecule has 4 heterocycles. The maximum Gasteiger partial charge on any atom is 0.240 e. The van der Waals surface area contributed by atoms with Crippen LogP contribution in [0.3, 0.4) is 0 Å². The van der Waals surface area contributed by atoms with Crippen LogP contribution in [-0.4, -0.2) is 54.4 Å². The summed E-state index contributed by atoms with van der Waals surface area (Å²) in [6, 6.07) is 12.7. The fraction of sp³-hybridized carbons (Fsp3) is 0.276. The minimum atomic E-state index is -0.921. The maximum absolute atomic E-state index is 14.5. The summed E-state index contributed by atoms with van der Waals surface area (Å²) < 4.78 is 43.1. The van der Waals surface area contributed by atoms with Crippen LogP contribution >= 0.6 is 0 Å². The van der Waals surface area contributed by atoms with Gasteiger partial charge >= 0.3 is 0 Å². The quantitative estimate of drug-likeness (QED) is 0.313. The van der Waals surface area contributed by atoms with Crippen LogP contribution < -0.4 is 4.74 Å². The van der Waals surface area contributed by atoms with Gasteiger partial charge in [-0.25, -0.2) is 18.3 Å². The number of rotatable bonds is 7. The van der Waals surface area contributed by atoms with E-state index in [-0.39, 0.29) is 6.10 Å². The molecular weight excluding hydrogens is 504 g/mol. The molecule has 0 amide bonds. The Labute approximate surface area is 223 Å². The first kappa shape index (κ1) is 25.1. The highest BCUT2D eigenvalue weighted by molar-refractivity contribution is 5.75. The summed E-state index contributed by atoms with van der Waals surface area (Å²) in [5.41, 5.74) is 3.52. The van der Waals surface area contributed by atoms with Crippen LogP contribution in [-0.2, 0) is 11.3 Å². The predicted octanol–water partition coefficient (Wildman–Crippen LogP) is 5.14. The Hall–Kier alpha value is -4.15. The predicted molar refractivity (Wildman–Crippen MR) is 141 cm³/mol. The second-order valence-corrected chi connectivity index (χ2v) is 10.3. The topological polar surface area (TPSA) is 86.7 Å². The average molecular weight is 532 g/mol. The van der Waals surface area contributed by atoms with E-state index in [0.29, 0.717) is 48.1 Å². The van der Waals surface area contributed by atoms with Crippen molar-refractivity contribution in [2.75, 3.05) is 13.2 Å². The number of ether oxygens (including phenoxy) is 2. The standard InChI is InChI=1S/C29H27F2N5O3/c1-29(2,37)17-35-15-20(13-33-35)24-12-27-32-14-26(36(27)34-28(24)39-22-8-9-38-16-22)19-5-3-4-18(10-19)23-7-6-21(30)11-25(23)31/h3-7,10-15,22,37H,8-9,16-17H2,1-2H3/t22-/m0/s1. The lowest BCUT2D eigenvalue weighted by molar-refractivity contribution is 0.0577. The summed E-state index contributed by atoms with van der Waals surface area (Å²) in [5, 5.41) is 19.4. The van der Waals surface area contributed by atoms with Gasteiger partial charge in [-0.3, -0.25) is 4.68 Å². The van der Waals surface area contributed by atoms with Gasteiger partial charge < -0.3 is 14.6 Å². The van der Waals surface area contributed by atoms with Crippen LogP contribution in [0.4, 0.5) is 8.78 Å². The molecule has 1 N–H and O–H groups in total. The number of benzene rings is 2. The second-order valence-electron chi connectivity index (χ2n) is 10.3. The van der Waals surface area contributed by atoms with Crippen molar-refractivity contribution in [1.29, 1.82) is 0 Å². The first-order chi connectivity index (χ1) is 18.7. The number of aromatic nitrogens is 5. The molecule has 8 nitrogen and oxygen atoms in total. The molecule has 3 aromatic heterocycles. The molecule has 1 atom stereocenters. The van der Waals surface area contributed by atoms with Gasteiger partial charge in [-0.15, -0.1) is 5.10 Å². The molecule has 1 saturated heterocycles. The van der Waals surface area contributed by atoms with E-state index in [9.17, 15) is 13.9 Å². The van der Waals surface area contributed by atoms with Crippen LogP contribution in [0.5, 0.6) is 5.88 Å². The van der Waals surface area contributed by atoms with Crippen LogP contribution in [0.2, 0.25) is 0 Å². The average Bonchev–Trinajstić information content (AvgIpc) is 3.64. The van der Waals surface area contributed by atoms with Gasteiger partial charge in [0.25, 0.3) is 0 Å². The fourth-order valence-corrected chi connectivity index (χ4v) is 4.71. The molecule has 0 unspecified atom stereocenters. The molecular formula is C29H27F2N5O3. The number of halogens is 2. The van der Waals surface area contributed by atoms with E-state index in [4.69, 9.17) is 14.6 Å². The van der Waals surface area contributed by atoms with Crippen LogP contribution in [0.25, 0.3) is 39.2 Å². The van der Waals surface area contributed by atoms with E-state index in [1.807, 2.05) is 30.5 Å². The maximum atomic E-state index is 14.5. The minimum Gasteiger partial charge on any atom is -0.470 e. The normalized spacial score (nSPS) is 15.8. The lowest BCUT2D eigenvalue weighted by atomic mass is 10.0. The molecule has 0 aliphatic carbocycles. The summed E-state index contributed by atoms with van der Waals surface area (Å²) in [6.07, 6.45) is 5.86. The number of imidazole rings is 1. The van der Waals surface area contributed by atoms with Gasteiger partial charge in [0.05, 0.1) is 49.0 Å². The zero-order valence-corrected chi connectivity index (χ0v) is 21.5. The van der Waals surface area contributed by atoms with E-state index in [1.165, 1.54) is 12.1 Å². The number of aliphatic hydroxyl groups is 1. The molecule has 0 spiro atoms. The Kier molecular flexibility index (Phi) is 6.36. The highest BCUT2D eigenvalue weighted by atomic mass is 19.1. The molecule has 10 heteroatoms. The van der Waals surface area contributed by atoms with Crippen molar-refractivity contribution in [3.8, 4) is 39.4 Å². The SMILES string of the molecule is CC(C)(O)Cn1cc(-c2cc3ncc(-c4cccc(-c5ccc(F)cc5F)c4)n3nc2O[C@H]2CCOC2)cn1. The molecule has 5 aromatic rings. The molecule has 2 aromatic carbocycles. The van der Waals surface area contributed by atoms with Crippen molar-refractivity contribution in [3.63, 3.8) is 0 Å². The third kappa shape index (κ3) is 5.25. The van der Waals surface area contributed by atoms with Gasteiger partial charge in [0.15, 0.2) is 5.65 Å². The first-order valence-corrected chi connectivity index (χ1v) is 12.7. The molecule has 1 fully saturated rings. The fourth-order valence-electron chi connectivity index (χ4n) is 4.71. The third-order valence-corrected chi connectivity index (χ3v) is 6.52. The van der Waals surface area contributed by atoms with Gasteiger partial charge in [0, 0.05) is 35.4 Å². The van der Waals surface area contributed by atoms with Crippen molar-refractivity contribution in [2.45, 2.75) is 38.5 Å². The molecule has 6 rings (SSSR count). The highest BCUT2D eigenvalue weighted by Crippen LogP contribution is 2.34. The molecule has 1 aliphatic heterocycles. The van der Waals surface area contributed by atoms with Gasteiger partial charge in [-0.05, 0) is 43.7 Å². The number of fused-ring (bicyclic) bond motifs is 1. The number of nitrogens with zero attached hydrogens (tertiary/aromatic N) is 5. The largest absolute Gasteiger partial charge is 0.470 e. The molecule has 0 radical (unpaired) electrons. The Balaban J connectivity index is 1.43. The monoisotopic (exact) mass is 531 g/mol. The summed E-state index contributed by atoms with van der Waals surface area (Å²) >= 11 is 0. The smallest absolute Gasteiger partial charge is 0.240 e. The van der Waals surface area contributed by atoms with E-state index in [2.05, 4.69) is 10.1 Å². The van der Waals surface area contributed by atoms with Gasteiger partial charge in [0.2, 0.25) is 5.88 Å². The second kappa shape index (κ2) is 9.87. The molecule has 0 saturated carbocycles. The molecule has 1 aliphatic rings. The van der Waals surface area contributed by atoms with Crippen molar-refractivity contribution < 1.29 is 23.4 Å². The molecule has 200 valence electrons. The van der Waals surface area contributed by atoms with Crippen molar-refractivity contribution in [3.05, 3.63) is 78.8 Å². The van der Waals surface area contributed by atoms with E-state index in [1.54, 1.807) is 41.5 Å². The van der Waals surface area contributed by atoms with Crippen molar-refractivity contribution in [1.82, 2.24) is 24.4 Å². The molecule has 0 bridgehead atoms. The summed E-state index contributed by atoms with van der Waals surface area (Å²) in [5.74, 6) is -0.853.